The number of unbranched alkanes of at least 4 members (excludes halogenated alkanes) is 54. The molecule has 0 aliphatic carbocycles. The van der Waals surface area contributed by atoms with Gasteiger partial charge >= 0.3 is 5.97 Å². The van der Waals surface area contributed by atoms with E-state index in [0.717, 1.165) is 44.9 Å². The molecule has 6 nitrogen and oxygen atoms in total. The van der Waals surface area contributed by atoms with Gasteiger partial charge in [0.2, 0.25) is 5.91 Å². The molecule has 0 spiro atoms. The summed E-state index contributed by atoms with van der Waals surface area (Å²) in [6.07, 6.45) is 85.4. The quantitative estimate of drug-likeness (QED) is 0.0320. The zero-order chi connectivity index (χ0) is 56.4. The largest absolute Gasteiger partial charge is 0.466 e. The first-order valence-electron chi connectivity index (χ1n) is 35.6. The van der Waals surface area contributed by atoms with Gasteiger partial charge in [-0.3, -0.25) is 9.59 Å². The van der Waals surface area contributed by atoms with Crippen LogP contribution in [0.2, 0.25) is 0 Å². The summed E-state index contributed by atoms with van der Waals surface area (Å²) in [4.78, 5) is 24.6. The maximum Gasteiger partial charge on any atom is 0.305 e. The van der Waals surface area contributed by atoms with E-state index in [1.54, 1.807) is 6.08 Å². The smallest absolute Gasteiger partial charge is 0.305 e. The summed E-state index contributed by atoms with van der Waals surface area (Å²) in [5.74, 6) is -0.0578. The minimum atomic E-state index is -0.850. The lowest BCUT2D eigenvalue weighted by Gasteiger charge is -2.20. The van der Waals surface area contributed by atoms with Crippen LogP contribution < -0.4 is 5.32 Å². The number of rotatable bonds is 67. The highest BCUT2D eigenvalue weighted by atomic mass is 16.5. The van der Waals surface area contributed by atoms with E-state index < -0.39 is 12.1 Å². The number of carbonyl (C=O) groups is 2. The maximum atomic E-state index is 12.5. The van der Waals surface area contributed by atoms with E-state index in [9.17, 15) is 19.8 Å². The van der Waals surface area contributed by atoms with Crippen molar-refractivity contribution in [3.63, 3.8) is 0 Å². The first-order valence-corrected chi connectivity index (χ1v) is 35.6. The zero-order valence-corrected chi connectivity index (χ0v) is 52.9. The summed E-state index contributed by atoms with van der Waals surface area (Å²) < 4.78 is 5.49. The number of hydrogen-bond donors (Lipinski definition) is 3. The summed E-state index contributed by atoms with van der Waals surface area (Å²) in [5.41, 5.74) is 0. The average molecular weight is 1100 g/mol. The summed E-state index contributed by atoms with van der Waals surface area (Å²) in [5, 5.41) is 23.3. The van der Waals surface area contributed by atoms with E-state index in [1.807, 2.05) is 6.08 Å². The summed E-state index contributed by atoms with van der Waals surface area (Å²) >= 11 is 0. The van der Waals surface area contributed by atoms with Crippen molar-refractivity contribution in [2.24, 2.45) is 0 Å². The predicted molar refractivity (Wildman–Crippen MR) is 343 cm³/mol. The second-order valence-electron chi connectivity index (χ2n) is 24.6. The van der Waals surface area contributed by atoms with E-state index in [2.05, 4.69) is 31.3 Å². The molecule has 3 N–H and O–H groups in total. The van der Waals surface area contributed by atoms with Crippen LogP contribution in [0.5, 0.6) is 0 Å². The number of hydrogen-bond acceptors (Lipinski definition) is 5. The molecular formula is C72H139NO5. The van der Waals surface area contributed by atoms with Gasteiger partial charge in [-0.05, 0) is 57.8 Å². The Hall–Kier alpha value is -1.66. The minimum absolute atomic E-state index is 0.0126. The van der Waals surface area contributed by atoms with Crippen molar-refractivity contribution < 1.29 is 24.5 Å². The molecule has 1 amide bonds. The molecule has 0 heterocycles. The van der Waals surface area contributed by atoms with Crippen LogP contribution in [0.25, 0.3) is 0 Å². The number of allylic oxidation sites excluding steroid dienone is 3. The maximum absolute atomic E-state index is 12.5. The fourth-order valence-electron chi connectivity index (χ4n) is 11.3. The second kappa shape index (κ2) is 67.8. The van der Waals surface area contributed by atoms with Crippen molar-refractivity contribution in [1.82, 2.24) is 5.32 Å². The average Bonchev–Trinajstić information content (AvgIpc) is 3.44. The lowest BCUT2D eigenvalue weighted by Crippen LogP contribution is -2.45. The van der Waals surface area contributed by atoms with Gasteiger partial charge in [0.1, 0.15) is 0 Å². The summed E-state index contributed by atoms with van der Waals surface area (Å²) in [6, 6.07) is -0.634. The molecule has 0 bridgehead atoms. The predicted octanol–water partition coefficient (Wildman–Crippen LogP) is 22.9. The molecule has 78 heavy (non-hydrogen) atoms. The van der Waals surface area contributed by atoms with Crippen LogP contribution in [0.15, 0.2) is 24.3 Å². The van der Waals surface area contributed by atoms with E-state index in [1.165, 1.54) is 327 Å². The van der Waals surface area contributed by atoms with Crippen LogP contribution in [-0.2, 0) is 14.3 Å². The van der Waals surface area contributed by atoms with Gasteiger partial charge in [0.05, 0.1) is 25.4 Å². The molecular weight excluding hydrogens is 959 g/mol. The number of nitrogens with one attached hydrogen (secondary N) is 1. The van der Waals surface area contributed by atoms with Gasteiger partial charge in [-0.25, -0.2) is 0 Å². The molecule has 0 fully saturated rings. The van der Waals surface area contributed by atoms with Crippen LogP contribution in [-0.4, -0.2) is 47.4 Å². The fourth-order valence-corrected chi connectivity index (χ4v) is 11.3. The van der Waals surface area contributed by atoms with E-state index in [4.69, 9.17) is 4.74 Å². The molecule has 6 heteroatoms. The van der Waals surface area contributed by atoms with Crippen molar-refractivity contribution in [3.8, 4) is 0 Å². The monoisotopic (exact) mass is 1100 g/mol. The van der Waals surface area contributed by atoms with Gasteiger partial charge in [0.15, 0.2) is 0 Å². The number of amides is 1. The lowest BCUT2D eigenvalue weighted by molar-refractivity contribution is -0.143. The highest BCUT2D eigenvalue weighted by molar-refractivity contribution is 5.76. The topological polar surface area (TPSA) is 95.9 Å². The van der Waals surface area contributed by atoms with Crippen molar-refractivity contribution in [2.45, 2.75) is 411 Å². The number of ether oxygens (including phenoxy) is 1. The Morgan fingerprint density at radius 3 is 0.910 bits per heavy atom. The molecule has 2 unspecified atom stereocenters. The Labute approximate surface area is 488 Å². The fraction of sp³-hybridized carbons (Fsp3) is 0.917. The normalized spacial score (nSPS) is 12.6. The molecule has 0 radical (unpaired) electrons. The Bertz CT molecular complexity index is 1220. The number of carbonyl (C=O) groups excluding carboxylic acids is 2. The molecule has 0 saturated carbocycles. The van der Waals surface area contributed by atoms with E-state index in [0.29, 0.717) is 19.4 Å². The van der Waals surface area contributed by atoms with E-state index in [-0.39, 0.29) is 18.5 Å². The standard InChI is InChI=1S/C72H139NO5/c1-3-5-7-9-11-13-15-17-19-20-21-22-23-24-25-28-31-34-37-40-44-48-52-56-60-64-70(75)69(68-74)73-71(76)65-61-57-53-49-45-41-38-35-32-29-26-27-30-33-36-39-43-47-51-55-59-63-67-78-72(77)66-62-58-54-50-46-42-18-16-14-12-10-8-6-4-2/h29,32,60,64,69-70,74-75H,3-28,30-31,33-59,61-63,65-68H2,1-2H3,(H,73,76)/b32-29-,64-60+. The first-order chi connectivity index (χ1) is 38.5. The minimum Gasteiger partial charge on any atom is -0.466 e. The Kier molecular flexibility index (Phi) is 66.4. The second-order valence-corrected chi connectivity index (χ2v) is 24.6. The summed E-state index contributed by atoms with van der Waals surface area (Å²) in [6.45, 7) is 4.94. The molecule has 0 saturated heterocycles. The van der Waals surface area contributed by atoms with Crippen LogP contribution in [0.3, 0.4) is 0 Å². The molecule has 462 valence electrons. The van der Waals surface area contributed by atoms with Crippen LogP contribution in [0.1, 0.15) is 399 Å². The van der Waals surface area contributed by atoms with Gasteiger partial charge in [-0.2, -0.15) is 0 Å². The zero-order valence-electron chi connectivity index (χ0n) is 52.9. The molecule has 0 aromatic rings. The Morgan fingerprint density at radius 2 is 0.603 bits per heavy atom. The lowest BCUT2D eigenvalue weighted by atomic mass is 10.0. The van der Waals surface area contributed by atoms with Gasteiger partial charge in [-0.1, -0.05) is 353 Å². The SMILES string of the molecule is CCCCCCCCCCCCCCCCCCCCCCCCC/C=C/C(O)C(CO)NC(=O)CCCCCCCCC/C=C\CCCCCCCCCCCCCOC(=O)CCCCCCCCCCCCCCCC. The molecule has 2 atom stereocenters. The third-order valence-corrected chi connectivity index (χ3v) is 16.7. The molecule has 0 aliphatic rings. The first kappa shape index (κ1) is 76.3. The van der Waals surface area contributed by atoms with Gasteiger partial charge in [-0.15, -0.1) is 0 Å². The van der Waals surface area contributed by atoms with Crippen molar-refractivity contribution in [3.05, 3.63) is 24.3 Å². The summed E-state index contributed by atoms with van der Waals surface area (Å²) in [7, 11) is 0. The van der Waals surface area contributed by atoms with Gasteiger partial charge < -0.3 is 20.3 Å². The van der Waals surface area contributed by atoms with Crippen LogP contribution in [0, 0.1) is 0 Å². The molecule has 0 aliphatic heterocycles. The highest BCUT2D eigenvalue weighted by Crippen LogP contribution is 2.19. The molecule has 0 aromatic heterocycles. The van der Waals surface area contributed by atoms with Crippen LogP contribution in [0.4, 0.5) is 0 Å². The van der Waals surface area contributed by atoms with E-state index >= 15 is 0 Å². The van der Waals surface area contributed by atoms with Crippen molar-refractivity contribution >= 4 is 11.9 Å². The molecule has 0 aromatic carbocycles. The number of esters is 1. The highest BCUT2D eigenvalue weighted by Gasteiger charge is 2.18. The third-order valence-electron chi connectivity index (χ3n) is 16.7. The Balaban J connectivity index is 3.44. The van der Waals surface area contributed by atoms with Crippen molar-refractivity contribution in [1.29, 1.82) is 0 Å². The Morgan fingerprint density at radius 1 is 0.346 bits per heavy atom. The van der Waals surface area contributed by atoms with Crippen molar-refractivity contribution in [2.75, 3.05) is 13.2 Å². The van der Waals surface area contributed by atoms with Crippen LogP contribution >= 0.6 is 0 Å². The van der Waals surface area contributed by atoms with Gasteiger partial charge in [0.25, 0.3) is 0 Å². The number of aliphatic hydroxyl groups is 2. The van der Waals surface area contributed by atoms with Gasteiger partial charge in [0, 0.05) is 12.8 Å². The third kappa shape index (κ3) is 63.5. The molecule has 0 rings (SSSR count). The number of aliphatic hydroxyl groups excluding tert-OH is 2.